The minimum absolute atomic E-state index is 0.432. The third-order valence-corrected chi connectivity index (χ3v) is 4.05. The van der Waals surface area contributed by atoms with Crippen LogP contribution in [0.2, 0.25) is 0 Å². The number of piperidine rings is 1. The molecule has 3 rings (SSSR count). The zero-order chi connectivity index (χ0) is 15.7. The van der Waals surface area contributed by atoms with Crippen molar-refractivity contribution < 1.29 is 9.59 Å². The Hall–Kier alpha value is -2.37. The van der Waals surface area contributed by atoms with Gasteiger partial charge >= 0.3 is 11.8 Å². The summed E-state index contributed by atoms with van der Waals surface area (Å²) in [6.45, 7) is 5.52. The summed E-state index contributed by atoms with van der Waals surface area (Å²) in [5.41, 5.74) is 1.42. The fraction of sp³-hybridized carbons (Fsp3) is 0.438. The summed E-state index contributed by atoms with van der Waals surface area (Å²) in [7, 11) is 0. The van der Waals surface area contributed by atoms with Gasteiger partial charge in [-0.2, -0.15) is 5.10 Å². The van der Waals surface area contributed by atoms with Gasteiger partial charge in [0.05, 0.1) is 11.7 Å². The molecule has 0 spiro atoms. The van der Waals surface area contributed by atoms with Gasteiger partial charge in [-0.15, -0.1) is 0 Å². The van der Waals surface area contributed by atoms with E-state index in [9.17, 15) is 9.59 Å². The smallest absolute Gasteiger partial charge is 0.313 e. The van der Waals surface area contributed by atoms with Crippen molar-refractivity contribution in [2.24, 2.45) is 11.8 Å². The number of hydrogen-bond donors (Lipinski definition) is 2. The van der Waals surface area contributed by atoms with Crippen LogP contribution in [0.1, 0.15) is 20.3 Å². The van der Waals surface area contributed by atoms with Crippen LogP contribution in [0.3, 0.4) is 0 Å². The lowest BCUT2D eigenvalue weighted by Gasteiger charge is -2.34. The van der Waals surface area contributed by atoms with Gasteiger partial charge < -0.3 is 10.2 Å². The Bertz CT molecular complexity index is 699. The molecule has 0 aliphatic carbocycles. The van der Waals surface area contributed by atoms with Crippen molar-refractivity contribution in [3.05, 3.63) is 24.4 Å². The first-order valence-electron chi connectivity index (χ1n) is 7.56. The fourth-order valence-corrected chi connectivity index (χ4v) is 3.17. The quantitative estimate of drug-likeness (QED) is 0.791. The zero-order valence-corrected chi connectivity index (χ0v) is 12.8. The van der Waals surface area contributed by atoms with Crippen LogP contribution in [0.15, 0.2) is 24.4 Å². The predicted molar refractivity (Wildman–Crippen MR) is 84.2 cm³/mol. The summed E-state index contributed by atoms with van der Waals surface area (Å²) in [6.07, 6.45) is 2.81. The van der Waals surface area contributed by atoms with E-state index in [-0.39, 0.29) is 0 Å². The van der Waals surface area contributed by atoms with Crippen LogP contribution in [-0.4, -0.2) is 40.0 Å². The lowest BCUT2D eigenvalue weighted by atomic mass is 9.92. The largest absolute Gasteiger partial charge is 0.334 e. The molecule has 1 fully saturated rings. The second-order valence-electron chi connectivity index (χ2n) is 6.28. The number of fused-ring (bicyclic) bond motifs is 1. The van der Waals surface area contributed by atoms with Gasteiger partial charge in [-0.05, 0) is 36.5 Å². The maximum absolute atomic E-state index is 12.3. The molecule has 1 aromatic carbocycles. The molecule has 1 aliphatic rings. The number of likely N-dealkylation sites (tertiary alicyclic amines) is 1. The third kappa shape index (κ3) is 2.95. The number of amides is 2. The predicted octanol–water partition coefficient (Wildman–Crippen LogP) is 2.01. The van der Waals surface area contributed by atoms with E-state index in [1.165, 1.54) is 0 Å². The number of H-pyrrole nitrogens is 1. The van der Waals surface area contributed by atoms with Crippen molar-refractivity contribution in [3.8, 4) is 0 Å². The Morgan fingerprint density at radius 3 is 2.73 bits per heavy atom. The standard InChI is InChI=1S/C16H20N4O2/c1-10-5-11(2)9-20(8-10)16(22)15(21)18-13-4-3-12-7-17-19-14(12)6-13/h3-4,6-7,10-11H,5,8-9H2,1-2H3,(H,17,19)(H,18,21). The van der Waals surface area contributed by atoms with Crippen LogP contribution in [0.25, 0.3) is 10.9 Å². The molecule has 6 heteroatoms. The van der Waals surface area contributed by atoms with E-state index in [1.807, 2.05) is 6.07 Å². The van der Waals surface area contributed by atoms with Crippen LogP contribution in [0, 0.1) is 11.8 Å². The normalized spacial score (nSPS) is 21.8. The molecule has 1 aromatic heterocycles. The van der Waals surface area contributed by atoms with Gasteiger partial charge in [0.15, 0.2) is 0 Å². The Labute approximate surface area is 128 Å². The molecule has 2 amide bonds. The number of nitrogens with zero attached hydrogens (tertiary/aromatic N) is 2. The Balaban J connectivity index is 1.69. The first-order chi connectivity index (χ1) is 10.5. The second-order valence-corrected chi connectivity index (χ2v) is 6.28. The van der Waals surface area contributed by atoms with Crippen molar-refractivity contribution in [1.82, 2.24) is 15.1 Å². The maximum Gasteiger partial charge on any atom is 0.313 e. The number of carbonyl (C=O) groups excluding carboxylic acids is 2. The summed E-state index contributed by atoms with van der Waals surface area (Å²) < 4.78 is 0. The highest BCUT2D eigenvalue weighted by molar-refractivity contribution is 6.39. The van der Waals surface area contributed by atoms with E-state index in [4.69, 9.17) is 0 Å². The van der Waals surface area contributed by atoms with Gasteiger partial charge in [0.2, 0.25) is 0 Å². The molecular formula is C16H20N4O2. The summed E-state index contributed by atoms with van der Waals surface area (Å²) in [5, 5.41) is 10.4. The molecule has 6 nitrogen and oxygen atoms in total. The second kappa shape index (κ2) is 5.79. The number of anilines is 1. The molecule has 2 heterocycles. The molecule has 2 atom stereocenters. The molecule has 0 radical (unpaired) electrons. The van der Waals surface area contributed by atoms with Crippen molar-refractivity contribution in [2.75, 3.05) is 18.4 Å². The molecule has 1 saturated heterocycles. The van der Waals surface area contributed by atoms with Crippen molar-refractivity contribution in [2.45, 2.75) is 20.3 Å². The van der Waals surface area contributed by atoms with Gasteiger partial charge in [-0.1, -0.05) is 13.8 Å². The van der Waals surface area contributed by atoms with E-state index in [1.54, 1.807) is 23.2 Å². The van der Waals surface area contributed by atoms with Crippen LogP contribution in [-0.2, 0) is 9.59 Å². The number of rotatable bonds is 1. The SMILES string of the molecule is CC1CC(C)CN(C(=O)C(=O)Nc2ccc3cn[nH]c3c2)C1. The van der Waals surface area contributed by atoms with E-state index >= 15 is 0 Å². The summed E-state index contributed by atoms with van der Waals surface area (Å²) in [6, 6.07) is 5.39. The molecule has 1 aliphatic heterocycles. The molecule has 2 aromatic rings. The van der Waals surface area contributed by atoms with Gasteiger partial charge in [0, 0.05) is 24.2 Å². The average molecular weight is 300 g/mol. The zero-order valence-electron chi connectivity index (χ0n) is 12.8. The topological polar surface area (TPSA) is 78.1 Å². The van der Waals surface area contributed by atoms with Crippen LogP contribution < -0.4 is 5.32 Å². The molecular weight excluding hydrogens is 280 g/mol. The van der Waals surface area contributed by atoms with Crippen LogP contribution in [0.4, 0.5) is 5.69 Å². The lowest BCUT2D eigenvalue weighted by Crippen LogP contribution is -2.47. The van der Waals surface area contributed by atoms with Gasteiger partial charge in [-0.3, -0.25) is 14.7 Å². The minimum Gasteiger partial charge on any atom is -0.334 e. The van der Waals surface area contributed by atoms with E-state index in [0.717, 1.165) is 17.3 Å². The molecule has 22 heavy (non-hydrogen) atoms. The summed E-state index contributed by atoms with van der Waals surface area (Å²) in [4.78, 5) is 26.1. The molecule has 116 valence electrons. The summed E-state index contributed by atoms with van der Waals surface area (Å²) >= 11 is 0. The Kier molecular flexibility index (Phi) is 3.83. The first kappa shape index (κ1) is 14.6. The molecule has 2 N–H and O–H groups in total. The molecule has 2 unspecified atom stereocenters. The van der Waals surface area contributed by atoms with E-state index in [0.29, 0.717) is 30.6 Å². The number of aromatic amines is 1. The highest BCUT2D eigenvalue weighted by atomic mass is 16.2. The highest BCUT2D eigenvalue weighted by Crippen LogP contribution is 2.21. The third-order valence-electron chi connectivity index (χ3n) is 4.05. The van der Waals surface area contributed by atoms with E-state index < -0.39 is 11.8 Å². The van der Waals surface area contributed by atoms with Crippen molar-refractivity contribution in [3.63, 3.8) is 0 Å². The maximum atomic E-state index is 12.3. The number of aromatic nitrogens is 2. The Morgan fingerprint density at radius 2 is 2.00 bits per heavy atom. The van der Waals surface area contributed by atoms with Gasteiger partial charge in [0.1, 0.15) is 0 Å². The van der Waals surface area contributed by atoms with Crippen molar-refractivity contribution >= 4 is 28.4 Å². The van der Waals surface area contributed by atoms with Gasteiger partial charge in [0.25, 0.3) is 0 Å². The monoisotopic (exact) mass is 300 g/mol. The highest BCUT2D eigenvalue weighted by Gasteiger charge is 2.29. The number of hydrogen-bond acceptors (Lipinski definition) is 3. The lowest BCUT2D eigenvalue weighted by molar-refractivity contribution is -0.144. The van der Waals surface area contributed by atoms with Gasteiger partial charge in [-0.25, -0.2) is 0 Å². The first-order valence-corrected chi connectivity index (χ1v) is 7.56. The molecule has 0 bridgehead atoms. The number of carbonyl (C=O) groups is 2. The average Bonchev–Trinajstić information content (AvgIpc) is 2.93. The summed E-state index contributed by atoms with van der Waals surface area (Å²) in [5.74, 6) is -0.174. The fourth-order valence-electron chi connectivity index (χ4n) is 3.17. The van der Waals surface area contributed by atoms with Crippen LogP contribution >= 0.6 is 0 Å². The van der Waals surface area contributed by atoms with Crippen molar-refractivity contribution in [1.29, 1.82) is 0 Å². The minimum atomic E-state index is -0.583. The van der Waals surface area contributed by atoms with Crippen LogP contribution in [0.5, 0.6) is 0 Å². The number of nitrogens with one attached hydrogen (secondary N) is 2. The molecule has 0 saturated carbocycles. The van der Waals surface area contributed by atoms with E-state index in [2.05, 4.69) is 29.4 Å². The number of benzene rings is 1. The Morgan fingerprint density at radius 1 is 1.27 bits per heavy atom.